The van der Waals surface area contributed by atoms with Crippen molar-refractivity contribution in [2.75, 3.05) is 5.32 Å². The van der Waals surface area contributed by atoms with Crippen molar-refractivity contribution in [3.05, 3.63) is 45.5 Å². The van der Waals surface area contributed by atoms with E-state index in [4.69, 9.17) is 0 Å². The second kappa shape index (κ2) is 7.84. The third-order valence-corrected chi connectivity index (χ3v) is 5.72. The van der Waals surface area contributed by atoms with Crippen molar-refractivity contribution >= 4 is 40.3 Å². The molecule has 0 bridgehead atoms. The quantitative estimate of drug-likeness (QED) is 0.598. The van der Waals surface area contributed by atoms with Crippen molar-refractivity contribution in [1.29, 1.82) is 0 Å². The van der Waals surface area contributed by atoms with Crippen molar-refractivity contribution < 1.29 is 9.59 Å². The minimum atomic E-state index is -0.645. The van der Waals surface area contributed by atoms with Gasteiger partial charge in [0.05, 0.1) is 15.4 Å². The molecule has 1 atom stereocenters. The van der Waals surface area contributed by atoms with Crippen LogP contribution in [0.15, 0.2) is 35.7 Å². The van der Waals surface area contributed by atoms with E-state index in [0.717, 1.165) is 10.6 Å². The van der Waals surface area contributed by atoms with Gasteiger partial charge in [-0.05, 0) is 36.4 Å². The highest BCUT2D eigenvalue weighted by Crippen LogP contribution is 2.27. The first-order valence-electron chi connectivity index (χ1n) is 8.21. The van der Waals surface area contributed by atoms with Gasteiger partial charge in [-0.25, -0.2) is 0 Å². The van der Waals surface area contributed by atoms with Gasteiger partial charge in [0.25, 0.3) is 5.91 Å². The zero-order chi connectivity index (χ0) is 18.7. The van der Waals surface area contributed by atoms with E-state index in [2.05, 4.69) is 20.8 Å². The van der Waals surface area contributed by atoms with Crippen LogP contribution in [0.25, 0.3) is 10.6 Å². The Balaban J connectivity index is 1.68. The Labute approximate surface area is 159 Å². The molecule has 3 rings (SSSR count). The molecule has 0 spiro atoms. The summed E-state index contributed by atoms with van der Waals surface area (Å²) >= 11 is 2.99. The smallest absolute Gasteiger partial charge is 0.262 e. The number of hydrogen-bond donors (Lipinski definition) is 3. The number of aryl methyl sites for hydroxylation is 1. The summed E-state index contributed by atoms with van der Waals surface area (Å²) in [6.45, 7) is 5.82. The van der Waals surface area contributed by atoms with Gasteiger partial charge in [-0.3, -0.25) is 14.7 Å². The molecule has 0 aliphatic rings. The molecule has 0 aliphatic heterocycles. The summed E-state index contributed by atoms with van der Waals surface area (Å²) in [6.07, 6.45) is 0. The fourth-order valence-corrected chi connectivity index (χ4v) is 3.91. The highest BCUT2D eigenvalue weighted by molar-refractivity contribution is 7.15. The molecule has 26 heavy (non-hydrogen) atoms. The van der Waals surface area contributed by atoms with Gasteiger partial charge in [0.15, 0.2) is 5.82 Å². The van der Waals surface area contributed by atoms with Crippen molar-refractivity contribution in [3.63, 3.8) is 0 Å². The fourth-order valence-electron chi connectivity index (χ4n) is 2.45. The van der Waals surface area contributed by atoms with Crippen LogP contribution in [0.3, 0.4) is 0 Å². The summed E-state index contributed by atoms with van der Waals surface area (Å²) in [5, 5.41) is 14.5. The number of anilines is 1. The molecule has 0 aliphatic carbocycles. The highest BCUT2D eigenvalue weighted by atomic mass is 32.1. The number of hydrogen-bond acceptors (Lipinski definition) is 5. The van der Waals surface area contributed by atoms with Crippen LogP contribution in [0.2, 0.25) is 0 Å². The van der Waals surface area contributed by atoms with Gasteiger partial charge in [0.2, 0.25) is 5.91 Å². The van der Waals surface area contributed by atoms with Gasteiger partial charge in [-0.2, -0.15) is 5.10 Å². The van der Waals surface area contributed by atoms with Crippen LogP contribution in [0, 0.1) is 12.8 Å². The summed E-state index contributed by atoms with van der Waals surface area (Å²) in [5.74, 6) is -0.153. The van der Waals surface area contributed by atoms with Gasteiger partial charge in [0.1, 0.15) is 6.04 Å². The number of rotatable bonds is 6. The fraction of sp³-hybridized carbons (Fsp3) is 0.278. The Kier molecular flexibility index (Phi) is 5.53. The van der Waals surface area contributed by atoms with Crippen LogP contribution in [-0.2, 0) is 4.79 Å². The molecule has 3 N–H and O–H groups in total. The van der Waals surface area contributed by atoms with E-state index in [9.17, 15) is 9.59 Å². The van der Waals surface area contributed by atoms with E-state index in [1.54, 1.807) is 23.5 Å². The molecule has 0 radical (unpaired) electrons. The summed E-state index contributed by atoms with van der Waals surface area (Å²) in [4.78, 5) is 27.7. The van der Waals surface area contributed by atoms with Crippen molar-refractivity contribution in [3.8, 4) is 10.6 Å². The number of nitrogens with zero attached hydrogens (tertiary/aromatic N) is 1. The average Bonchev–Trinajstić information content (AvgIpc) is 3.32. The van der Waals surface area contributed by atoms with Gasteiger partial charge < -0.3 is 10.6 Å². The standard InChI is InChI=1S/C18H20N4O2S2/c1-10(2)16(20-17(23)14-5-4-8-25-14)18(24)19-15-9-12(21-22-15)13-7-6-11(3)26-13/h4-10,16H,1-3H3,(H,20,23)(H2,19,21,22,24). The molecule has 2 amide bonds. The molecule has 0 fully saturated rings. The first-order chi connectivity index (χ1) is 12.4. The first-order valence-corrected chi connectivity index (χ1v) is 9.91. The maximum Gasteiger partial charge on any atom is 0.262 e. The van der Waals surface area contributed by atoms with Crippen molar-refractivity contribution in [2.45, 2.75) is 26.8 Å². The van der Waals surface area contributed by atoms with Gasteiger partial charge in [-0.15, -0.1) is 22.7 Å². The summed E-state index contributed by atoms with van der Waals surface area (Å²) in [5.41, 5.74) is 0.849. The molecule has 136 valence electrons. The molecular formula is C18H20N4O2S2. The van der Waals surface area contributed by atoms with Gasteiger partial charge in [0, 0.05) is 10.9 Å². The highest BCUT2D eigenvalue weighted by Gasteiger charge is 2.25. The lowest BCUT2D eigenvalue weighted by Crippen LogP contribution is -2.47. The van der Waals surface area contributed by atoms with Crippen LogP contribution in [0.4, 0.5) is 5.82 Å². The predicted molar refractivity (Wildman–Crippen MR) is 106 cm³/mol. The lowest BCUT2D eigenvalue weighted by atomic mass is 10.0. The molecule has 3 heterocycles. The Hall–Kier alpha value is -2.45. The molecule has 0 saturated heterocycles. The van der Waals surface area contributed by atoms with Crippen LogP contribution in [0.1, 0.15) is 28.4 Å². The second-order valence-corrected chi connectivity index (χ2v) is 8.47. The number of amides is 2. The van der Waals surface area contributed by atoms with Crippen LogP contribution < -0.4 is 10.6 Å². The molecular weight excluding hydrogens is 368 g/mol. The van der Waals surface area contributed by atoms with Crippen LogP contribution in [-0.4, -0.2) is 28.1 Å². The molecule has 0 saturated carbocycles. The van der Waals surface area contributed by atoms with E-state index in [-0.39, 0.29) is 17.7 Å². The normalized spacial score (nSPS) is 12.2. The Morgan fingerprint density at radius 2 is 2.04 bits per heavy atom. The first kappa shape index (κ1) is 18.3. The number of aromatic nitrogens is 2. The molecule has 8 heteroatoms. The van der Waals surface area contributed by atoms with E-state index in [1.807, 2.05) is 44.4 Å². The maximum absolute atomic E-state index is 12.6. The summed E-state index contributed by atoms with van der Waals surface area (Å²) in [7, 11) is 0. The largest absolute Gasteiger partial charge is 0.339 e. The van der Waals surface area contributed by atoms with E-state index in [1.165, 1.54) is 16.2 Å². The maximum atomic E-state index is 12.6. The van der Waals surface area contributed by atoms with Crippen LogP contribution >= 0.6 is 22.7 Å². The third kappa shape index (κ3) is 4.20. The molecule has 6 nitrogen and oxygen atoms in total. The van der Waals surface area contributed by atoms with Crippen molar-refractivity contribution in [2.24, 2.45) is 5.92 Å². The third-order valence-electron chi connectivity index (χ3n) is 3.82. The SMILES string of the molecule is Cc1ccc(-c2cc(NC(=O)C(NC(=O)c3cccs3)C(C)C)n[nH]2)s1. The number of aromatic amines is 1. The summed E-state index contributed by atoms with van der Waals surface area (Å²) in [6, 6.07) is 8.74. The van der Waals surface area contributed by atoms with Crippen LogP contribution in [0.5, 0.6) is 0 Å². The molecule has 3 aromatic rings. The van der Waals surface area contributed by atoms with E-state index in [0.29, 0.717) is 10.7 Å². The number of thiophene rings is 2. The number of H-pyrrole nitrogens is 1. The van der Waals surface area contributed by atoms with Gasteiger partial charge >= 0.3 is 0 Å². The zero-order valence-corrected chi connectivity index (χ0v) is 16.3. The average molecular weight is 389 g/mol. The Bertz CT molecular complexity index is 896. The minimum absolute atomic E-state index is 0.0581. The van der Waals surface area contributed by atoms with Gasteiger partial charge in [-0.1, -0.05) is 19.9 Å². The van der Waals surface area contributed by atoms with E-state index >= 15 is 0 Å². The summed E-state index contributed by atoms with van der Waals surface area (Å²) < 4.78 is 0. The van der Waals surface area contributed by atoms with E-state index < -0.39 is 6.04 Å². The number of carbonyl (C=O) groups excluding carboxylic acids is 2. The predicted octanol–water partition coefficient (Wildman–Crippen LogP) is 3.90. The number of nitrogens with one attached hydrogen (secondary N) is 3. The second-order valence-electron chi connectivity index (χ2n) is 6.24. The Morgan fingerprint density at radius 3 is 2.65 bits per heavy atom. The lowest BCUT2D eigenvalue weighted by Gasteiger charge is -2.20. The zero-order valence-electron chi connectivity index (χ0n) is 14.7. The topological polar surface area (TPSA) is 86.9 Å². The molecule has 1 unspecified atom stereocenters. The monoisotopic (exact) mass is 388 g/mol. The lowest BCUT2D eigenvalue weighted by molar-refractivity contribution is -0.118. The minimum Gasteiger partial charge on any atom is -0.339 e. The number of carbonyl (C=O) groups is 2. The Morgan fingerprint density at radius 1 is 1.23 bits per heavy atom. The van der Waals surface area contributed by atoms with Crippen molar-refractivity contribution in [1.82, 2.24) is 15.5 Å². The molecule has 3 aromatic heterocycles. The molecule has 0 aromatic carbocycles.